The Morgan fingerprint density at radius 3 is 2.89 bits per heavy atom. The number of anilines is 1. The van der Waals surface area contributed by atoms with E-state index in [4.69, 9.17) is 0 Å². The van der Waals surface area contributed by atoms with Crippen LogP contribution in [0.25, 0.3) is 0 Å². The summed E-state index contributed by atoms with van der Waals surface area (Å²) in [6.07, 6.45) is 1.40. The zero-order chi connectivity index (χ0) is 13.4. The molecule has 5 heteroatoms. The number of aliphatic carboxylic acids is 1. The summed E-state index contributed by atoms with van der Waals surface area (Å²) in [4.78, 5) is 24.6. The highest BCUT2D eigenvalue weighted by molar-refractivity contribution is 5.83. The summed E-state index contributed by atoms with van der Waals surface area (Å²) in [7, 11) is 0. The van der Waals surface area contributed by atoms with Gasteiger partial charge in [0.05, 0.1) is 0 Å². The SMILES string of the molecule is O=C1CCC(CN2CC(C(=O)O)c3ccccc32)N1. The molecule has 0 aliphatic carbocycles. The molecule has 100 valence electrons. The lowest BCUT2D eigenvalue weighted by atomic mass is 10.0. The number of hydrogen-bond donors (Lipinski definition) is 2. The van der Waals surface area contributed by atoms with Gasteiger partial charge >= 0.3 is 5.97 Å². The van der Waals surface area contributed by atoms with Gasteiger partial charge in [0.25, 0.3) is 0 Å². The molecule has 2 unspecified atom stereocenters. The molecule has 2 aliphatic heterocycles. The minimum Gasteiger partial charge on any atom is -0.481 e. The monoisotopic (exact) mass is 260 g/mol. The van der Waals surface area contributed by atoms with E-state index in [9.17, 15) is 14.7 Å². The van der Waals surface area contributed by atoms with Gasteiger partial charge in [0.15, 0.2) is 0 Å². The topological polar surface area (TPSA) is 69.6 Å². The predicted octanol–water partition coefficient (Wildman–Crippen LogP) is 0.953. The maximum absolute atomic E-state index is 11.3. The number of nitrogens with zero attached hydrogens (tertiary/aromatic N) is 1. The number of rotatable bonds is 3. The molecule has 1 aromatic carbocycles. The maximum Gasteiger partial charge on any atom is 0.312 e. The summed E-state index contributed by atoms with van der Waals surface area (Å²) in [6.45, 7) is 1.17. The second-order valence-electron chi connectivity index (χ2n) is 5.16. The second kappa shape index (κ2) is 4.57. The minimum atomic E-state index is -0.787. The first-order valence-electron chi connectivity index (χ1n) is 6.51. The molecule has 0 bridgehead atoms. The normalized spacial score (nSPS) is 25.3. The van der Waals surface area contributed by atoms with Gasteiger partial charge in [0, 0.05) is 31.2 Å². The van der Waals surface area contributed by atoms with Crippen LogP contribution in [0.4, 0.5) is 5.69 Å². The average molecular weight is 260 g/mol. The van der Waals surface area contributed by atoms with Crippen molar-refractivity contribution < 1.29 is 14.7 Å². The van der Waals surface area contributed by atoms with E-state index in [1.54, 1.807) is 0 Å². The maximum atomic E-state index is 11.3. The molecular weight excluding hydrogens is 244 g/mol. The number of nitrogens with one attached hydrogen (secondary N) is 1. The molecule has 1 fully saturated rings. The molecule has 0 saturated carbocycles. The summed E-state index contributed by atoms with van der Waals surface area (Å²) in [5.74, 6) is -1.16. The van der Waals surface area contributed by atoms with Crippen molar-refractivity contribution >= 4 is 17.6 Å². The van der Waals surface area contributed by atoms with Crippen LogP contribution in [0.15, 0.2) is 24.3 Å². The molecule has 2 heterocycles. The van der Waals surface area contributed by atoms with E-state index >= 15 is 0 Å². The molecule has 19 heavy (non-hydrogen) atoms. The van der Waals surface area contributed by atoms with Gasteiger partial charge in [0.1, 0.15) is 5.92 Å². The number of para-hydroxylation sites is 1. The molecule has 1 saturated heterocycles. The van der Waals surface area contributed by atoms with Crippen molar-refractivity contribution in [1.82, 2.24) is 5.32 Å². The Balaban J connectivity index is 1.80. The van der Waals surface area contributed by atoms with Crippen molar-refractivity contribution in [3.63, 3.8) is 0 Å². The third kappa shape index (κ3) is 2.16. The number of hydrogen-bond acceptors (Lipinski definition) is 3. The fourth-order valence-corrected chi connectivity index (χ4v) is 2.95. The van der Waals surface area contributed by atoms with Crippen LogP contribution < -0.4 is 10.2 Å². The summed E-state index contributed by atoms with van der Waals surface area (Å²) in [5, 5.41) is 12.2. The second-order valence-corrected chi connectivity index (χ2v) is 5.16. The fourth-order valence-electron chi connectivity index (χ4n) is 2.95. The van der Waals surface area contributed by atoms with Gasteiger partial charge in [-0.05, 0) is 18.1 Å². The highest BCUT2D eigenvalue weighted by Crippen LogP contribution is 2.36. The molecule has 3 rings (SSSR count). The van der Waals surface area contributed by atoms with E-state index in [-0.39, 0.29) is 11.9 Å². The van der Waals surface area contributed by atoms with Crippen molar-refractivity contribution in [2.75, 3.05) is 18.0 Å². The standard InChI is InChI=1S/C14H16N2O3/c17-13-6-5-9(15-13)7-16-8-11(14(18)19)10-3-1-2-4-12(10)16/h1-4,9,11H,5-8H2,(H,15,17)(H,18,19). The van der Waals surface area contributed by atoms with Crippen LogP contribution in [0.3, 0.4) is 0 Å². The van der Waals surface area contributed by atoms with E-state index in [0.717, 1.165) is 17.7 Å². The van der Waals surface area contributed by atoms with E-state index in [1.165, 1.54) is 0 Å². The van der Waals surface area contributed by atoms with Crippen molar-refractivity contribution in [2.24, 2.45) is 0 Å². The molecule has 1 amide bonds. The van der Waals surface area contributed by atoms with Crippen LogP contribution in [0, 0.1) is 0 Å². The first-order valence-corrected chi connectivity index (χ1v) is 6.51. The third-order valence-corrected chi connectivity index (χ3v) is 3.88. The van der Waals surface area contributed by atoms with E-state index in [1.807, 2.05) is 24.3 Å². The van der Waals surface area contributed by atoms with Gasteiger partial charge in [-0.15, -0.1) is 0 Å². The molecule has 2 atom stereocenters. The molecule has 0 radical (unpaired) electrons. The number of benzene rings is 1. The molecule has 2 N–H and O–H groups in total. The Labute approximate surface area is 111 Å². The zero-order valence-electron chi connectivity index (χ0n) is 10.5. The summed E-state index contributed by atoms with van der Waals surface area (Å²) in [6, 6.07) is 7.75. The minimum absolute atomic E-state index is 0.0901. The van der Waals surface area contributed by atoms with Gasteiger partial charge < -0.3 is 15.3 Å². The predicted molar refractivity (Wildman–Crippen MR) is 70.2 cm³/mol. The molecule has 0 aromatic heterocycles. The Morgan fingerprint density at radius 2 is 2.21 bits per heavy atom. The fraction of sp³-hybridized carbons (Fsp3) is 0.429. The molecule has 0 spiro atoms. The number of fused-ring (bicyclic) bond motifs is 1. The van der Waals surface area contributed by atoms with Gasteiger partial charge in [-0.2, -0.15) is 0 Å². The van der Waals surface area contributed by atoms with Gasteiger partial charge in [-0.3, -0.25) is 9.59 Å². The molecule has 1 aromatic rings. The zero-order valence-corrected chi connectivity index (χ0v) is 10.5. The highest BCUT2D eigenvalue weighted by Gasteiger charge is 2.35. The van der Waals surface area contributed by atoms with Crippen LogP contribution in [0.5, 0.6) is 0 Å². The average Bonchev–Trinajstić information content (AvgIpc) is 2.95. The summed E-state index contributed by atoms with van der Waals surface area (Å²) < 4.78 is 0. The van der Waals surface area contributed by atoms with Crippen LogP contribution in [-0.2, 0) is 9.59 Å². The quantitative estimate of drug-likeness (QED) is 0.849. The van der Waals surface area contributed by atoms with Crippen molar-refractivity contribution in [3.05, 3.63) is 29.8 Å². The number of carbonyl (C=O) groups is 2. The summed E-state index contributed by atoms with van der Waals surface area (Å²) in [5.41, 5.74) is 1.86. The number of carboxylic acids is 1. The van der Waals surface area contributed by atoms with Crippen LogP contribution in [0.1, 0.15) is 24.3 Å². The van der Waals surface area contributed by atoms with E-state index < -0.39 is 11.9 Å². The Kier molecular flexibility index (Phi) is 2.89. The van der Waals surface area contributed by atoms with Gasteiger partial charge in [-0.1, -0.05) is 18.2 Å². The smallest absolute Gasteiger partial charge is 0.312 e. The van der Waals surface area contributed by atoms with Crippen LogP contribution in [-0.4, -0.2) is 36.1 Å². The largest absolute Gasteiger partial charge is 0.481 e. The lowest BCUT2D eigenvalue weighted by Gasteiger charge is -2.23. The molecule has 2 aliphatic rings. The third-order valence-electron chi connectivity index (χ3n) is 3.88. The highest BCUT2D eigenvalue weighted by atomic mass is 16.4. The van der Waals surface area contributed by atoms with Crippen LogP contribution >= 0.6 is 0 Å². The first-order chi connectivity index (χ1) is 9.15. The first kappa shape index (κ1) is 12.0. The Bertz CT molecular complexity index is 529. The van der Waals surface area contributed by atoms with Crippen molar-refractivity contribution in [2.45, 2.75) is 24.8 Å². The molecular formula is C14H16N2O3. The lowest BCUT2D eigenvalue weighted by molar-refractivity contribution is -0.138. The van der Waals surface area contributed by atoms with Crippen molar-refractivity contribution in [3.8, 4) is 0 Å². The Hall–Kier alpha value is -2.04. The lowest BCUT2D eigenvalue weighted by Crippen LogP contribution is -2.38. The number of carboxylic acid groups (broad SMARTS) is 1. The van der Waals surface area contributed by atoms with Gasteiger partial charge in [-0.25, -0.2) is 0 Å². The summed E-state index contributed by atoms with van der Waals surface area (Å²) >= 11 is 0. The van der Waals surface area contributed by atoms with Gasteiger partial charge in [0.2, 0.25) is 5.91 Å². The Morgan fingerprint density at radius 1 is 1.42 bits per heavy atom. The molecule has 5 nitrogen and oxygen atoms in total. The van der Waals surface area contributed by atoms with Crippen LogP contribution in [0.2, 0.25) is 0 Å². The van der Waals surface area contributed by atoms with Crippen molar-refractivity contribution in [1.29, 1.82) is 0 Å². The number of carbonyl (C=O) groups excluding carboxylic acids is 1. The number of amides is 1. The van der Waals surface area contributed by atoms with E-state index in [0.29, 0.717) is 19.5 Å². The van der Waals surface area contributed by atoms with E-state index in [2.05, 4.69) is 10.2 Å².